The van der Waals surface area contributed by atoms with Crippen LogP contribution in [-0.4, -0.2) is 30.4 Å². The first-order chi connectivity index (χ1) is 12.1. The van der Waals surface area contributed by atoms with Gasteiger partial charge in [-0.3, -0.25) is 4.79 Å². The number of nitrogens with zero attached hydrogens (tertiary/aromatic N) is 1. The molecule has 0 saturated carbocycles. The summed E-state index contributed by atoms with van der Waals surface area (Å²) in [4.78, 5) is 26.9. The van der Waals surface area contributed by atoms with Crippen LogP contribution in [0.4, 0.5) is 0 Å². The van der Waals surface area contributed by atoms with Crippen molar-refractivity contribution in [3.8, 4) is 0 Å². The summed E-state index contributed by atoms with van der Waals surface area (Å²) in [5.41, 5.74) is 2.96. The first-order valence-electron chi connectivity index (χ1n) is 8.59. The Balaban J connectivity index is 2.33. The number of carbonyl (C=O) groups is 2. The Morgan fingerprint density at radius 2 is 1.64 bits per heavy atom. The van der Waals surface area contributed by atoms with E-state index in [1.54, 1.807) is 24.3 Å². The molecule has 2 rings (SSSR count). The average molecular weight is 339 g/mol. The Kier molecular flexibility index (Phi) is 6.75. The topological polar surface area (TPSA) is 46.6 Å². The van der Waals surface area contributed by atoms with E-state index in [2.05, 4.69) is 6.92 Å². The third-order valence-corrected chi connectivity index (χ3v) is 4.25. The number of esters is 1. The molecule has 25 heavy (non-hydrogen) atoms. The normalized spacial score (nSPS) is 10.4. The molecule has 0 N–H and O–H groups in total. The largest absolute Gasteiger partial charge is 0.465 e. The standard InChI is InChI=1S/C21H25NO3/c1-4-5-14-22(15-17-11-7-6-10-16(17)2)20(23)18-12-8-9-13-19(18)21(24)25-3/h6-13H,4-5,14-15H2,1-3H3. The summed E-state index contributed by atoms with van der Waals surface area (Å²) in [7, 11) is 1.33. The zero-order valence-electron chi connectivity index (χ0n) is 15.1. The van der Waals surface area contributed by atoms with E-state index in [1.165, 1.54) is 7.11 Å². The SMILES string of the molecule is CCCCN(Cc1ccccc1C)C(=O)c1ccccc1C(=O)OC. The summed E-state index contributed by atoms with van der Waals surface area (Å²) < 4.78 is 4.82. The van der Waals surface area contributed by atoms with E-state index in [4.69, 9.17) is 4.74 Å². The number of rotatable bonds is 7. The third kappa shape index (κ3) is 4.69. The van der Waals surface area contributed by atoms with Crippen LogP contribution in [0.3, 0.4) is 0 Å². The van der Waals surface area contributed by atoms with Crippen LogP contribution in [0.15, 0.2) is 48.5 Å². The predicted octanol–water partition coefficient (Wildman–Crippen LogP) is 4.22. The van der Waals surface area contributed by atoms with Crippen molar-refractivity contribution < 1.29 is 14.3 Å². The molecule has 132 valence electrons. The van der Waals surface area contributed by atoms with E-state index in [0.29, 0.717) is 24.2 Å². The van der Waals surface area contributed by atoms with Gasteiger partial charge in [-0.1, -0.05) is 49.7 Å². The molecule has 0 bridgehead atoms. The van der Waals surface area contributed by atoms with Crippen LogP contribution in [0.1, 0.15) is 51.6 Å². The van der Waals surface area contributed by atoms with Crippen LogP contribution in [0.25, 0.3) is 0 Å². The maximum Gasteiger partial charge on any atom is 0.338 e. The lowest BCUT2D eigenvalue weighted by Gasteiger charge is -2.24. The smallest absolute Gasteiger partial charge is 0.338 e. The first kappa shape index (κ1) is 18.7. The summed E-state index contributed by atoms with van der Waals surface area (Å²) in [5.74, 6) is -0.631. The zero-order chi connectivity index (χ0) is 18.2. The van der Waals surface area contributed by atoms with Gasteiger partial charge in [0, 0.05) is 13.1 Å². The molecule has 0 unspecified atom stereocenters. The lowest BCUT2D eigenvalue weighted by Crippen LogP contribution is -2.33. The van der Waals surface area contributed by atoms with Crippen LogP contribution in [0.2, 0.25) is 0 Å². The van der Waals surface area contributed by atoms with Gasteiger partial charge in [-0.2, -0.15) is 0 Å². The molecular formula is C21H25NO3. The molecule has 0 aliphatic carbocycles. The van der Waals surface area contributed by atoms with Gasteiger partial charge in [0.05, 0.1) is 18.2 Å². The zero-order valence-corrected chi connectivity index (χ0v) is 15.1. The van der Waals surface area contributed by atoms with Gasteiger partial charge in [-0.05, 0) is 36.6 Å². The number of methoxy groups -OCH3 is 1. The molecule has 0 radical (unpaired) electrons. The second-order valence-electron chi connectivity index (χ2n) is 6.04. The minimum atomic E-state index is -0.490. The van der Waals surface area contributed by atoms with Crippen molar-refractivity contribution in [2.45, 2.75) is 33.2 Å². The van der Waals surface area contributed by atoms with E-state index in [9.17, 15) is 9.59 Å². The van der Waals surface area contributed by atoms with E-state index in [1.807, 2.05) is 36.1 Å². The summed E-state index contributed by atoms with van der Waals surface area (Å²) in [6.07, 6.45) is 1.91. The molecule has 2 aromatic carbocycles. The summed E-state index contributed by atoms with van der Waals surface area (Å²) in [6, 6.07) is 14.9. The van der Waals surface area contributed by atoms with Gasteiger partial charge in [-0.25, -0.2) is 4.79 Å². The molecular weight excluding hydrogens is 314 g/mol. The van der Waals surface area contributed by atoms with Crippen molar-refractivity contribution in [2.75, 3.05) is 13.7 Å². The number of benzene rings is 2. The Morgan fingerprint density at radius 3 is 2.28 bits per heavy atom. The fraction of sp³-hybridized carbons (Fsp3) is 0.333. The highest BCUT2D eigenvalue weighted by Gasteiger charge is 2.22. The van der Waals surface area contributed by atoms with Gasteiger partial charge in [0.25, 0.3) is 5.91 Å². The molecule has 0 aromatic heterocycles. The summed E-state index contributed by atoms with van der Waals surface area (Å²) >= 11 is 0. The molecule has 4 heteroatoms. The number of carbonyl (C=O) groups excluding carboxylic acids is 2. The van der Waals surface area contributed by atoms with Crippen molar-refractivity contribution in [3.63, 3.8) is 0 Å². The molecule has 0 atom stereocenters. The van der Waals surface area contributed by atoms with Crippen molar-refractivity contribution in [2.24, 2.45) is 0 Å². The van der Waals surface area contributed by atoms with Crippen molar-refractivity contribution >= 4 is 11.9 Å². The van der Waals surface area contributed by atoms with Crippen molar-refractivity contribution in [1.29, 1.82) is 0 Å². The van der Waals surface area contributed by atoms with Gasteiger partial charge in [-0.15, -0.1) is 0 Å². The van der Waals surface area contributed by atoms with Crippen LogP contribution < -0.4 is 0 Å². The van der Waals surface area contributed by atoms with E-state index in [-0.39, 0.29) is 5.91 Å². The molecule has 0 fully saturated rings. The fourth-order valence-corrected chi connectivity index (χ4v) is 2.72. The molecule has 2 aromatic rings. The summed E-state index contributed by atoms with van der Waals surface area (Å²) in [6.45, 7) is 5.32. The molecule has 0 aliphatic rings. The molecule has 1 amide bonds. The highest BCUT2D eigenvalue weighted by molar-refractivity contribution is 6.05. The molecule has 0 aliphatic heterocycles. The fourth-order valence-electron chi connectivity index (χ4n) is 2.72. The number of hydrogen-bond donors (Lipinski definition) is 0. The van der Waals surface area contributed by atoms with Crippen LogP contribution in [-0.2, 0) is 11.3 Å². The lowest BCUT2D eigenvalue weighted by molar-refractivity contribution is 0.0589. The van der Waals surface area contributed by atoms with Gasteiger partial charge in [0.1, 0.15) is 0 Å². The third-order valence-electron chi connectivity index (χ3n) is 4.25. The second-order valence-corrected chi connectivity index (χ2v) is 6.04. The number of ether oxygens (including phenoxy) is 1. The van der Waals surface area contributed by atoms with E-state index < -0.39 is 5.97 Å². The highest BCUT2D eigenvalue weighted by Crippen LogP contribution is 2.17. The van der Waals surface area contributed by atoms with Crippen molar-refractivity contribution in [3.05, 3.63) is 70.8 Å². The first-order valence-corrected chi connectivity index (χ1v) is 8.59. The van der Waals surface area contributed by atoms with Crippen molar-refractivity contribution in [1.82, 2.24) is 4.90 Å². The van der Waals surface area contributed by atoms with Crippen LogP contribution in [0, 0.1) is 6.92 Å². The Hall–Kier alpha value is -2.62. The lowest BCUT2D eigenvalue weighted by atomic mass is 10.0. The van der Waals surface area contributed by atoms with Gasteiger partial charge in [0.2, 0.25) is 0 Å². The maximum absolute atomic E-state index is 13.1. The van der Waals surface area contributed by atoms with E-state index in [0.717, 1.165) is 24.0 Å². The molecule has 0 saturated heterocycles. The van der Waals surface area contributed by atoms with Crippen LogP contribution in [0.5, 0.6) is 0 Å². The average Bonchev–Trinajstić information content (AvgIpc) is 2.65. The molecule has 4 nitrogen and oxygen atoms in total. The molecule has 0 heterocycles. The number of hydrogen-bond acceptors (Lipinski definition) is 3. The Bertz CT molecular complexity index is 739. The monoisotopic (exact) mass is 339 g/mol. The second kappa shape index (κ2) is 9.02. The Morgan fingerprint density at radius 1 is 1.00 bits per heavy atom. The Labute approximate surface area is 149 Å². The molecule has 0 spiro atoms. The minimum Gasteiger partial charge on any atom is -0.465 e. The highest BCUT2D eigenvalue weighted by atomic mass is 16.5. The maximum atomic E-state index is 13.1. The van der Waals surface area contributed by atoms with Crippen LogP contribution >= 0.6 is 0 Å². The number of amides is 1. The van der Waals surface area contributed by atoms with Gasteiger partial charge in [0.15, 0.2) is 0 Å². The quantitative estimate of drug-likeness (QED) is 0.709. The van der Waals surface area contributed by atoms with Gasteiger partial charge >= 0.3 is 5.97 Å². The predicted molar refractivity (Wildman–Crippen MR) is 98.6 cm³/mol. The van der Waals surface area contributed by atoms with Gasteiger partial charge < -0.3 is 9.64 Å². The van der Waals surface area contributed by atoms with E-state index >= 15 is 0 Å². The minimum absolute atomic E-state index is 0.141. The number of aryl methyl sites for hydroxylation is 1. The number of unbranched alkanes of at least 4 members (excludes halogenated alkanes) is 1. The summed E-state index contributed by atoms with van der Waals surface area (Å²) in [5, 5.41) is 0.